The molecule has 0 amide bonds. The Morgan fingerprint density at radius 1 is 1.10 bits per heavy atom. The Hall–Kier alpha value is -0.930. The lowest BCUT2D eigenvalue weighted by Crippen LogP contribution is -2.42. The molecule has 2 heterocycles. The maximum absolute atomic E-state index is 4.70. The molecule has 3 aliphatic rings. The lowest BCUT2D eigenvalue weighted by Gasteiger charge is -2.37. The fourth-order valence-corrected chi connectivity index (χ4v) is 4.16. The number of likely N-dealkylation sites (tertiary alicyclic amines) is 1. The fourth-order valence-electron chi connectivity index (χ4n) is 4.16. The zero-order chi connectivity index (χ0) is 14.1. The summed E-state index contributed by atoms with van der Waals surface area (Å²) in [6, 6.07) is 6.12. The molecule has 1 saturated heterocycles. The van der Waals surface area contributed by atoms with Crippen LogP contribution in [0, 0.1) is 5.92 Å². The summed E-state index contributed by atoms with van der Waals surface area (Å²) in [6.07, 6.45) is 11.9. The second-order valence-electron chi connectivity index (χ2n) is 7.18. The van der Waals surface area contributed by atoms with Crippen molar-refractivity contribution in [3.63, 3.8) is 0 Å². The quantitative estimate of drug-likeness (QED) is 0.901. The Balaban J connectivity index is 1.35. The average Bonchev–Trinajstić information content (AvgIpc) is 3.22. The Morgan fingerprint density at radius 3 is 2.81 bits per heavy atom. The molecule has 1 N–H and O–H groups in total. The van der Waals surface area contributed by atoms with Gasteiger partial charge in [0, 0.05) is 31.4 Å². The van der Waals surface area contributed by atoms with E-state index in [2.05, 4.69) is 28.5 Å². The average molecular weight is 285 g/mol. The van der Waals surface area contributed by atoms with Crippen LogP contribution in [0.1, 0.15) is 56.2 Å². The molecule has 4 rings (SSSR count). The third-order valence-corrected chi connectivity index (χ3v) is 5.53. The summed E-state index contributed by atoms with van der Waals surface area (Å²) in [5.41, 5.74) is 2.57. The fraction of sp³-hybridized carbons (Fsp3) is 0.722. The molecule has 2 aliphatic carbocycles. The van der Waals surface area contributed by atoms with Crippen LogP contribution in [0.2, 0.25) is 0 Å². The second kappa shape index (κ2) is 6.05. The van der Waals surface area contributed by atoms with Gasteiger partial charge in [-0.15, -0.1) is 0 Å². The van der Waals surface area contributed by atoms with Gasteiger partial charge < -0.3 is 5.32 Å². The molecule has 2 unspecified atom stereocenters. The summed E-state index contributed by atoms with van der Waals surface area (Å²) >= 11 is 0. The van der Waals surface area contributed by atoms with Crippen molar-refractivity contribution in [3.05, 3.63) is 29.6 Å². The molecule has 21 heavy (non-hydrogen) atoms. The SMILES string of the molecule is c1cc(CN2CCCC3CCCC32)ncc1CNC1CC1. The topological polar surface area (TPSA) is 28.2 Å². The van der Waals surface area contributed by atoms with Gasteiger partial charge in [-0.05, 0) is 62.6 Å². The summed E-state index contributed by atoms with van der Waals surface area (Å²) in [5.74, 6) is 0.973. The predicted molar refractivity (Wildman–Crippen MR) is 84.9 cm³/mol. The van der Waals surface area contributed by atoms with Crippen LogP contribution in [0.25, 0.3) is 0 Å². The van der Waals surface area contributed by atoms with E-state index in [1.54, 1.807) is 0 Å². The van der Waals surface area contributed by atoms with Gasteiger partial charge in [-0.25, -0.2) is 0 Å². The highest BCUT2D eigenvalue weighted by Crippen LogP contribution is 2.37. The molecule has 1 aliphatic heterocycles. The Morgan fingerprint density at radius 2 is 2.00 bits per heavy atom. The van der Waals surface area contributed by atoms with Gasteiger partial charge in [0.1, 0.15) is 0 Å². The summed E-state index contributed by atoms with van der Waals surface area (Å²) in [7, 11) is 0. The van der Waals surface area contributed by atoms with E-state index in [-0.39, 0.29) is 0 Å². The first-order valence-corrected chi connectivity index (χ1v) is 8.80. The summed E-state index contributed by atoms with van der Waals surface area (Å²) in [6.45, 7) is 3.30. The molecular formula is C18H27N3. The minimum Gasteiger partial charge on any atom is -0.310 e. The van der Waals surface area contributed by atoms with Gasteiger partial charge in [0.15, 0.2) is 0 Å². The number of hydrogen-bond acceptors (Lipinski definition) is 3. The van der Waals surface area contributed by atoms with Crippen molar-refractivity contribution in [1.29, 1.82) is 0 Å². The molecule has 114 valence electrons. The maximum atomic E-state index is 4.70. The van der Waals surface area contributed by atoms with E-state index >= 15 is 0 Å². The van der Waals surface area contributed by atoms with Gasteiger partial charge in [-0.2, -0.15) is 0 Å². The lowest BCUT2D eigenvalue weighted by molar-refractivity contribution is 0.104. The van der Waals surface area contributed by atoms with Crippen LogP contribution in [0.15, 0.2) is 18.3 Å². The van der Waals surface area contributed by atoms with Crippen LogP contribution in [0.5, 0.6) is 0 Å². The van der Waals surface area contributed by atoms with Gasteiger partial charge in [-0.3, -0.25) is 9.88 Å². The van der Waals surface area contributed by atoms with Crippen molar-refractivity contribution in [2.75, 3.05) is 6.54 Å². The second-order valence-corrected chi connectivity index (χ2v) is 7.18. The molecule has 3 fully saturated rings. The predicted octanol–water partition coefficient (Wildman–Crippen LogP) is 3.10. The molecule has 0 aromatic carbocycles. The third-order valence-electron chi connectivity index (χ3n) is 5.53. The van der Waals surface area contributed by atoms with E-state index in [0.717, 1.165) is 31.1 Å². The molecule has 3 nitrogen and oxygen atoms in total. The molecular weight excluding hydrogens is 258 g/mol. The van der Waals surface area contributed by atoms with E-state index in [1.165, 1.54) is 62.7 Å². The first-order valence-electron chi connectivity index (χ1n) is 8.80. The third kappa shape index (κ3) is 3.29. The van der Waals surface area contributed by atoms with Crippen molar-refractivity contribution in [1.82, 2.24) is 15.2 Å². The van der Waals surface area contributed by atoms with Crippen molar-refractivity contribution >= 4 is 0 Å². The minimum atomic E-state index is 0.775. The van der Waals surface area contributed by atoms with Crippen LogP contribution in [0.3, 0.4) is 0 Å². The highest BCUT2D eigenvalue weighted by Gasteiger charge is 2.34. The molecule has 0 radical (unpaired) electrons. The zero-order valence-corrected chi connectivity index (χ0v) is 12.9. The number of nitrogens with zero attached hydrogens (tertiary/aromatic N) is 2. The summed E-state index contributed by atoms with van der Waals surface area (Å²) in [5, 5.41) is 3.55. The van der Waals surface area contributed by atoms with Crippen molar-refractivity contribution < 1.29 is 0 Å². The minimum absolute atomic E-state index is 0.775. The van der Waals surface area contributed by atoms with Crippen LogP contribution in [-0.4, -0.2) is 28.5 Å². The van der Waals surface area contributed by atoms with Crippen LogP contribution < -0.4 is 5.32 Å². The first-order chi connectivity index (χ1) is 10.4. The maximum Gasteiger partial charge on any atom is 0.0544 e. The van der Waals surface area contributed by atoms with Crippen molar-refractivity contribution in [2.45, 2.75) is 70.1 Å². The molecule has 0 spiro atoms. The van der Waals surface area contributed by atoms with E-state index < -0.39 is 0 Å². The first kappa shape index (κ1) is 13.7. The normalized spacial score (nSPS) is 29.5. The molecule has 0 bridgehead atoms. The summed E-state index contributed by atoms with van der Waals surface area (Å²) in [4.78, 5) is 7.40. The highest BCUT2D eigenvalue weighted by molar-refractivity contribution is 5.14. The lowest BCUT2D eigenvalue weighted by atomic mass is 9.92. The molecule has 3 heteroatoms. The summed E-state index contributed by atoms with van der Waals surface area (Å²) < 4.78 is 0. The van der Waals surface area contributed by atoms with Gasteiger partial charge in [-0.1, -0.05) is 12.5 Å². The standard InChI is InChI=1S/C18H27N3/c1-3-15-4-2-10-21(18(15)5-1)13-17-7-6-14(12-20-17)11-19-16-8-9-16/h6-7,12,15-16,18-19H,1-5,8-11,13H2. The Bertz CT molecular complexity index is 466. The molecule has 2 saturated carbocycles. The van der Waals surface area contributed by atoms with E-state index in [4.69, 9.17) is 4.98 Å². The number of piperidine rings is 1. The Kier molecular flexibility index (Phi) is 3.95. The van der Waals surface area contributed by atoms with Crippen molar-refractivity contribution in [3.8, 4) is 0 Å². The number of nitrogens with one attached hydrogen (secondary N) is 1. The van der Waals surface area contributed by atoms with Gasteiger partial charge in [0.05, 0.1) is 5.69 Å². The number of rotatable bonds is 5. The van der Waals surface area contributed by atoms with Gasteiger partial charge in [0.2, 0.25) is 0 Å². The number of pyridine rings is 1. The van der Waals surface area contributed by atoms with E-state index in [0.29, 0.717) is 0 Å². The monoisotopic (exact) mass is 285 g/mol. The zero-order valence-electron chi connectivity index (χ0n) is 12.9. The molecule has 1 aromatic heterocycles. The highest BCUT2D eigenvalue weighted by atomic mass is 15.2. The number of fused-ring (bicyclic) bond motifs is 1. The van der Waals surface area contributed by atoms with Gasteiger partial charge >= 0.3 is 0 Å². The Labute approximate surface area is 128 Å². The smallest absolute Gasteiger partial charge is 0.0544 e. The van der Waals surface area contributed by atoms with Gasteiger partial charge in [0.25, 0.3) is 0 Å². The number of aromatic nitrogens is 1. The number of hydrogen-bond donors (Lipinski definition) is 1. The van der Waals surface area contributed by atoms with Crippen molar-refractivity contribution in [2.24, 2.45) is 5.92 Å². The van der Waals surface area contributed by atoms with E-state index in [9.17, 15) is 0 Å². The van der Waals surface area contributed by atoms with Crippen LogP contribution >= 0.6 is 0 Å². The molecule has 2 atom stereocenters. The molecule has 1 aromatic rings. The van der Waals surface area contributed by atoms with E-state index in [1.807, 2.05) is 0 Å². The van der Waals surface area contributed by atoms with Crippen LogP contribution in [0.4, 0.5) is 0 Å². The largest absolute Gasteiger partial charge is 0.310 e. The van der Waals surface area contributed by atoms with Crippen LogP contribution in [-0.2, 0) is 13.1 Å².